The molecule has 1 aliphatic heterocycles. The van der Waals surface area contributed by atoms with Crippen LogP contribution in [0.3, 0.4) is 0 Å². The van der Waals surface area contributed by atoms with E-state index in [9.17, 15) is 28.2 Å². The Balaban J connectivity index is 1.39. The maximum absolute atomic E-state index is 13.4. The number of alkyl halides is 3. The molecule has 1 aliphatic carbocycles. The van der Waals surface area contributed by atoms with E-state index in [-0.39, 0.29) is 30.8 Å². The third-order valence-corrected chi connectivity index (χ3v) is 7.36. The van der Waals surface area contributed by atoms with E-state index in [1.54, 1.807) is 12.1 Å². The number of pyridine rings is 1. The van der Waals surface area contributed by atoms with E-state index in [0.29, 0.717) is 11.5 Å². The lowest BCUT2D eigenvalue weighted by atomic mass is 9.79. The highest BCUT2D eigenvalue weighted by molar-refractivity contribution is 5.94. The number of rotatable bonds is 10. The van der Waals surface area contributed by atoms with Crippen molar-refractivity contribution in [1.29, 1.82) is 0 Å². The smallest absolute Gasteiger partial charge is 0.365 e. The SMILES string of the molecule is CC1CCC([C@H](NC(O)OCc2ccccc2)C(=O)Nc2cc(CN3C[C@@H](C(F)(F)F)NC3O)ccn2)CC1. The Morgan fingerprint density at radius 3 is 2.56 bits per heavy atom. The first kappa shape index (κ1) is 29.4. The Bertz CT molecular complexity index is 1070. The van der Waals surface area contributed by atoms with Gasteiger partial charge in [-0.1, -0.05) is 50.1 Å². The predicted octanol–water partition coefficient (Wildman–Crippen LogP) is 2.91. The summed E-state index contributed by atoms with van der Waals surface area (Å²) in [7, 11) is 0. The number of halogens is 3. The second kappa shape index (κ2) is 13.2. The van der Waals surface area contributed by atoms with Gasteiger partial charge < -0.3 is 20.3 Å². The number of amides is 1. The zero-order valence-electron chi connectivity index (χ0n) is 21.8. The number of nitrogens with zero attached hydrogens (tertiary/aromatic N) is 2. The summed E-state index contributed by atoms with van der Waals surface area (Å²) in [5.74, 6) is 0.378. The van der Waals surface area contributed by atoms with E-state index in [2.05, 4.69) is 27.9 Å². The summed E-state index contributed by atoms with van der Waals surface area (Å²) in [5.41, 5.74) is 1.46. The number of nitrogens with one attached hydrogen (secondary N) is 3. The summed E-state index contributed by atoms with van der Waals surface area (Å²) in [6, 6.07) is 9.98. The Kier molecular flexibility index (Phi) is 9.91. The van der Waals surface area contributed by atoms with Gasteiger partial charge in [0.15, 0.2) is 6.35 Å². The van der Waals surface area contributed by atoms with E-state index in [1.165, 1.54) is 11.1 Å². The Hall–Kier alpha value is -2.61. The van der Waals surface area contributed by atoms with Crippen LogP contribution < -0.4 is 16.0 Å². The minimum absolute atomic E-state index is 0.0236. The second-order valence-corrected chi connectivity index (χ2v) is 10.4. The van der Waals surface area contributed by atoms with E-state index in [4.69, 9.17) is 4.74 Å². The molecule has 12 heteroatoms. The van der Waals surface area contributed by atoms with Crippen LogP contribution in [0.2, 0.25) is 0 Å². The van der Waals surface area contributed by atoms with Gasteiger partial charge in [0.25, 0.3) is 0 Å². The lowest BCUT2D eigenvalue weighted by molar-refractivity contribution is -0.152. The number of aliphatic hydroxyl groups excluding tert-OH is 2. The first-order valence-electron chi connectivity index (χ1n) is 13.2. The van der Waals surface area contributed by atoms with Crippen molar-refractivity contribution < 1.29 is 32.9 Å². The summed E-state index contributed by atoms with van der Waals surface area (Å²) < 4.78 is 44.7. The Morgan fingerprint density at radius 1 is 1.18 bits per heavy atom. The normalized spacial score (nSPS) is 25.8. The molecule has 1 aromatic carbocycles. The van der Waals surface area contributed by atoms with Gasteiger partial charge in [-0.25, -0.2) is 4.98 Å². The van der Waals surface area contributed by atoms with Crippen molar-refractivity contribution in [2.75, 3.05) is 11.9 Å². The summed E-state index contributed by atoms with van der Waals surface area (Å²) in [6.45, 7) is 1.97. The molecular weight excluding hydrogens is 515 g/mol. The van der Waals surface area contributed by atoms with Gasteiger partial charge in [-0.15, -0.1) is 0 Å². The molecule has 1 aromatic heterocycles. The highest BCUT2D eigenvalue weighted by atomic mass is 19.4. The molecule has 4 atom stereocenters. The van der Waals surface area contributed by atoms with Crippen LogP contribution in [0.1, 0.15) is 43.7 Å². The zero-order chi connectivity index (χ0) is 28.0. The molecule has 39 heavy (non-hydrogen) atoms. The molecule has 4 rings (SSSR count). The lowest BCUT2D eigenvalue weighted by Crippen LogP contribution is -2.51. The number of aromatic nitrogens is 1. The molecule has 2 fully saturated rings. The van der Waals surface area contributed by atoms with Crippen LogP contribution >= 0.6 is 0 Å². The molecule has 1 amide bonds. The molecule has 1 saturated heterocycles. The number of aliphatic hydroxyl groups is 2. The Morgan fingerprint density at radius 2 is 1.90 bits per heavy atom. The molecule has 0 radical (unpaired) electrons. The average molecular weight is 552 g/mol. The van der Waals surface area contributed by atoms with Gasteiger partial charge >= 0.3 is 6.18 Å². The molecule has 9 nitrogen and oxygen atoms in total. The number of benzene rings is 1. The predicted molar refractivity (Wildman–Crippen MR) is 138 cm³/mol. The quantitative estimate of drug-likeness (QED) is 0.286. The number of ether oxygens (including phenoxy) is 1. The van der Waals surface area contributed by atoms with Crippen molar-refractivity contribution in [3.05, 3.63) is 59.8 Å². The number of carbonyl (C=O) groups excluding carboxylic acids is 1. The van der Waals surface area contributed by atoms with Gasteiger partial charge in [0, 0.05) is 19.3 Å². The zero-order valence-corrected chi connectivity index (χ0v) is 21.8. The largest absolute Gasteiger partial charge is 0.405 e. The molecule has 0 bridgehead atoms. The number of hydrogen-bond acceptors (Lipinski definition) is 8. The summed E-state index contributed by atoms with van der Waals surface area (Å²) in [6.07, 6.45) is -2.28. The van der Waals surface area contributed by atoms with Gasteiger partial charge in [-0.2, -0.15) is 13.2 Å². The van der Waals surface area contributed by atoms with Crippen LogP contribution in [-0.4, -0.2) is 63.6 Å². The maximum Gasteiger partial charge on any atom is 0.405 e. The molecule has 5 N–H and O–H groups in total. The van der Waals surface area contributed by atoms with E-state index in [0.717, 1.165) is 31.2 Å². The molecular formula is C27H36F3N5O4. The van der Waals surface area contributed by atoms with Crippen molar-refractivity contribution in [1.82, 2.24) is 20.5 Å². The summed E-state index contributed by atoms with van der Waals surface area (Å²) >= 11 is 0. The molecule has 2 unspecified atom stereocenters. The summed E-state index contributed by atoms with van der Waals surface area (Å²) in [4.78, 5) is 18.8. The molecule has 214 valence electrons. The molecule has 1 saturated carbocycles. The van der Waals surface area contributed by atoms with Crippen LogP contribution in [0.25, 0.3) is 0 Å². The first-order chi connectivity index (χ1) is 18.6. The second-order valence-electron chi connectivity index (χ2n) is 10.4. The first-order valence-corrected chi connectivity index (χ1v) is 13.2. The standard InChI is InChI=1S/C27H36F3N5O4/c1-17-7-9-20(10-8-17)23(34-26(38)39-16-18-5-3-2-4-6-18)24(36)33-22-13-19(11-12-31-22)14-35-15-21(27(28,29)30)32-25(35)37/h2-6,11-13,17,20-21,23,25-26,32,34,37-38H,7-10,14-16H2,1H3,(H,31,33,36)/t17?,20?,21-,23-,25?,26?/m0/s1. The van der Waals surface area contributed by atoms with Gasteiger partial charge in [0.2, 0.25) is 12.3 Å². The van der Waals surface area contributed by atoms with E-state index < -0.39 is 37.6 Å². The maximum atomic E-state index is 13.4. The number of carbonyl (C=O) groups is 1. The molecule has 0 spiro atoms. The van der Waals surface area contributed by atoms with Gasteiger partial charge in [0.1, 0.15) is 11.9 Å². The highest BCUT2D eigenvalue weighted by Crippen LogP contribution is 2.31. The van der Waals surface area contributed by atoms with Gasteiger partial charge in [-0.3, -0.25) is 20.3 Å². The Labute approximate surface area is 225 Å². The number of anilines is 1. The topological polar surface area (TPSA) is 119 Å². The van der Waals surface area contributed by atoms with Gasteiger partial charge in [0.05, 0.1) is 12.6 Å². The third-order valence-electron chi connectivity index (χ3n) is 7.36. The van der Waals surface area contributed by atoms with Crippen LogP contribution in [0, 0.1) is 11.8 Å². The fraction of sp³-hybridized carbons (Fsp3) is 0.556. The van der Waals surface area contributed by atoms with Crippen molar-refractivity contribution in [3.63, 3.8) is 0 Å². The fourth-order valence-electron chi connectivity index (χ4n) is 5.10. The highest BCUT2D eigenvalue weighted by Gasteiger charge is 2.46. The van der Waals surface area contributed by atoms with E-state index >= 15 is 0 Å². The fourth-order valence-corrected chi connectivity index (χ4v) is 5.10. The van der Waals surface area contributed by atoms with Crippen LogP contribution in [0.15, 0.2) is 48.7 Å². The lowest BCUT2D eigenvalue weighted by Gasteiger charge is -2.33. The monoisotopic (exact) mass is 551 g/mol. The van der Waals surface area contributed by atoms with Crippen molar-refractivity contribution >= 4 is 11.7 Å². The van der Waals surface area contributed by atoms with Crippen molar-refractivity contribution in [2.24, 2.45) is 11.8 Å². The van der Waals surface area contributed by atoms with Crippen LogP contribution in [0.5, 0.6) is 0 Å². The molecule has 2 aliphatic rings. The third kappa shape index (κ3) is 8.44. The summed E-state index contributed by atoms with van der Waals surface area (Å²) in [5, 5.41) is 28.4. The molecule has 2 heterocycles. The molecule has 2 aromatic rings. The van der Waals surface area contributed by atoms with Crippen molar-refractivity contribution in [2.45, 2.75) is 76.8 Å². The minimum Gasteiger partial charge on any atom is -0.365 e. The minimum atomic E-state index is -4.47. The van der Waals surface area contributed by atoms with Crippen LogP contribution in [-0.2, 0) is 22.7 Å². The van der Waals surface area contributed by atoms with Crippen molar-refractivity contribution in [3.8, 4) is 0 Å². The van der Waals surface area contributed by atoms with E-state index in [1.807, 2.05) is 30.3 Å². The van der Waals surface area contributed by atoms with Gasteiger partial charge in [-0.05, 0) is 47.9 Å². The number of hydrogen-bond donors (Lipinski definition) is 5. The average Bonchev–Trinajstić information content (AvgIpc) is 3.28. The van der Waals surface area contributed by atoms with Crippen LogP contribution in [0.4, 0.5) is 19.0 Å².